The van der Waals surface area contributed by atoms with Crippen molar-refractivity contribution >= 4 is 15.7 Å². The highest BCUT2D eigenvalue weighted by Gasteiger charge is 2.31. The molecule has 0 aliphatic rings. The first-order chi connectivity index (χ1) is 9.07. The topological polar surface area (TPSA) is 78.0 Å². The normalized spacial score (nSPS) is 12.6. The van der Waals surface area contributed by atoms with E-state index in [0.717, 1.165) is 30.8 Å². The van der Waals surface area contributed by atoms with Gasteiger partial charge in [0.1, 0.15) is 0 Å². The van der Waals surface area contributed by atoms with Crippen molar-refractivity contribution in [3.63, 3.8) is 0 Å². The lowest BCUT2D eigenvalue weighted by Crippen LogP contribution is -2.09. The van der Waals surface area contributed by atoms with Gasteiger partial charge in [-0.15, -0.1) is 0 Å². The predicted molar refractivity (Wildman–Crippen MR) is 67.3 cm³/mol. The summed E-state index contributed by atoms with van der Waals surface area (Å²) in [6.07, 6.45) is -1.30. The molecule has 0 amide bonds. The Bertz CT molecular complexity index is 751. The maximum Gasteiger partial charge on any atom is 0.416 e. The smallest absolute Gasteiger partial charge is 0.399 e. The number of benzene rings is 1. The van der Waals surface area contributed by atoms with Crippen molar-refractivity contribution in [3.8, 4) is 11.1 Å². The minimum absolute atomic E-state index is 0.0677. The molecule has 0 saturated carbocycles. The summed E-state index contributed by atoms with van der Waals surface area (Å²) >= 11 is 0. The molecular formula is C11H10F3N3O2S. The minimum atomic E-state index is -4.53. The number of nitrogens with zero attached hydrogens (tertiary/aromatic N) is 2. The third-order valence-corrected chi connectivity index (χ3v) is 3.40. The Kier molecular flexibility index (Phi) is 3.24. The fourth-order valence-electron chi connectivity index (χ4n) is 1.62. The SMILES string of the molecule is CS(=O)(=O)n1cc(-c2cc(N)cc(C(F)(F)F)c2)cn1. The van der Waals surface area contributed by atoms with E-state index in [9.17, 15) is 21.6 Å². The molecule has 5 nitrogen and oxygen atoms in total. The zero-order valence-corrected chi connectivity index (χ0v) is 11.0. The molecule has 0 aliphatic carbocycles. The van der Waals surface area contributed by atoms with Gasteiger partial charge in [-0.2, -0.15) is 22.4 Å². The minimum Gasteiger partial charge on any atom is -0.399 e. The molecule has 2 rings (SSSR count). The van der Waals surface area contributed by atoms with Crippen LogP contribution in [-0.4, -0.2) is 23.9 Å². The fraction of sp³-hybridized carbons (Fsp3) is 0.182. The standard InChI is InChI=1S/C11H10F3N3O2S/c1-20(18,19)17-6-8(5-16-17)7-2-9(11(12,13)14)4-10(15)3-7/h2-6H,15H2,1H3. The molecule has 9 heteroatoms. The number of nitrogen functional groups attached to an aromatic ring is 1. The lowest BCUT2D eigenvalue weighted by atomic mass is 10.0. The van der Waals surface area contributed by atoms with Gasteiger partial charge >= 0.3 is 6.18 Å². The van der Waals surface area contributed by atoms with E-state index >= 15 is 0 Å². The van der Waals surface area contributed by atoms with E-state index in [1.165, 1.54) is 6.07 Å². The summed E-state index contributed by atoms with van der Waals surface area (Å²) in [5.41, 5.74) is 4.85. The van der Waals surface area contributed by atoms with Gasteiger partial charge in [-0.1, -0.05) is 0 Å². The van der Waals surface area contributed by atoms with E-state index in [1.807, 2.05) is 0 Å². The molecule has 2 N–H and O–H groups in total. The van der Waals surface area contributed by atoms with E-state index in [1.54, 1.807) is 0 Å². The second-order valence-electron chi connectivity index (χ2n) is 4.21. The van der Waals surface area contributed by atoms with Gasteiger partial charge in [0, 0.05) is 11.3 Å². The molecule has 0 saturated heterocycles. The fourth-order valence-corrected chi connectivity index (χ4v) is 2.14. The summed E-state index contributed by atoms with van der Waals surface area (Å²) in [5.74, 6) is 0. The van der Waals surface area contributed by atoms with Crippen LogP contribution < -0.4 is 5.73 Å². The largest absolute Gasteiger partial charge is 0.416 e. The number of anilines is 1. The van der Waals surface area contributed by atoms with Crippen molar-refractivity contribution in [2.45, 2.75) is 6.18 Å². The van der Waals surface area contributed by atoms with E-state index in [2.05, 4.69) is 5.10 Å². The molecule has 20 heavy (non-hydrogen) atoms. The first-order valence-corrected chi connectivity index (χ1v) is 7.15. The van der Waals surface area contributed by atoms with Crippen molar-refractivity contribution < 1.29 is 21.6 Å². The van der Waals surface area contributed by atoms with Crippen molar-refractivity contribution in [1.29, 1.82) is 0 Å². The number of nitrogens with two attached hydrogens (primary N) is 1. The van der Waals surface area contributed by atoms with Crippen LogP contribution in [0.25, 0.3) is 11.1 Å². The Hall–Kier alpha value is -2.03. The highest BCUT2D eigenvalue weighted by Crippen LogP contribution is 2.34. The van der Waals surface area contributed by atoms with E-state index in [-0.39, 0.29) is 16.8 Å². The van der Waals surface area contributed by atoms with Crippen LogP contribution in [0.1, 0.15) is 5.56 Å². The van der Waals surface area contributed by atoms with Crippen LogP contribution in [-0.2, 0) is 16.2 Å². The quantitative estimate of drug-likeness (QED) is 0.860. The number of hydrogen-bond acceptors (Lipinski definition) is 4. The molecule has 0 fully saturated rings. The molecule has 2 aromatic rings. The van der Waals surface area contributed by atoms with Crippen LogP contribution in [0.2, 0.25) is 0 Å². The van der Waals surface area contributed by atoms with Crippen LogP contribution in [0.5, 0.6) is 0 Å². The number of rotatable bonds is 2. The van der Waals surface area contributed by atoms with Crippen LogP contribution in [0.15, 0.2) is 30.6 Å². The average Bonchev–Trinajstić information content (AvgIpc) is 2.75. The van der Waals surface area contributed by atoms with Gasteiger partial charge in [0.15, 0.2) is 0 Å². The third-order valence-electron chi connectivity index (χ3n) is 2.52. The Morgan fingerprint density at radius 1 is 1.20 bits per heavy atom. The van der Waals surface area contributed by atoms with Gasteiger partial charge < -0.3 is 5.73 Å². The van der Waals surface area contributed by atoms with E-state index < -0.39 is 21.8 Å². The molecule has 1 aromatic heterocycles. The van der Waals surface area contributed by atoms with Crippen molar-refractivity contribution in [1.82, 2.24) is 9.19 Å². The van der Waals surface area contributed by atoms with E-state index in [4.69, 9.17) is 5.73 Å². The van der Waals surface area contributed by atoms with Crippen LogP contribution >= 0.6 is 0 Å². The van der Waals surface area contributed by atoms with Gasteiger partial charge in [0.05, 0.1) is 24.2 Å². The highest BCUT2D eigenvalue weighted by molar-refractivity contribution is 7.89. The molecular weight excluding hydrogens is 295 g/mol. The van der Waals surface area contributed by atoms with Gasteiger partial charge in [0.2, 0.25) is 0 Å². The molecule has 1 aromatic carbocycles. The summed E-state index contributed by atoms with van der Waals surface area (Å²) in [7, 11) is -3.59. The summed E-state index contributed by atoms with van der Waals surface area (Å²) in [6.45, 7) is 0. The maximum absolute atomic E-state index is 12.7. The van der Waals surface area contributed by atoms with Crippen LogP contribution in [0.3, 0.4) is 0 Å². The number of halogens is 3. The second kappa shape index (κ2) is 4.51. The van der Waals surface area contributed by atoms with Gasteiger partial charge in [-0.25, -0.2) is 8.42 Å². The molecule has 1 heterocycles. The average molecular weight is 305 g/mol. The zero-order valence-electron chi connectivity index (χ0n) is 10.2. The molecule has 0 spiro atoms. The molecule has 108 valence electrons. The number of alkyl halides is 3. The summed E-state index contributed by atoms with van der Waals surface area (Å²) in [6, 6.07) is 3.02. The predicted octanol–water partition coefficient (Wildman–Crippen LogP) is 1.96. The molecule has 0 unspecified atom stereocenters. The first kappa shape index (κ1) is 14.4. The monoisotopic (exact) mass is 305 g/mol. The van der Waals surface area contributed by atoms with Crippen LogP contribution in [0.4, 0.5) is 18.9 Å². The summed E-state index contributed by atoms with van der Waals surface area (Å²) < 4.78 is 61.3. The highest BCUT2D eigenvalue weighted by atomic mass is 32.2. The van der Waals surface area contributed by atoms with Gasteiger partial charge in [0.25, 0.3) is 10.0 Å². The number of aromatic nitrogens is 2. The van der Waals surface area contributed by atoms with Crippen molar-refractivity contribution in [3.05, 3.63) is 36.2 Å². The third kappa shape index (κ3) is 2.93. The molecule has 0 atom stereocenters. The molecule has 0 bridgehead atoms. The summed E-state index contributed by atoms with van der Waals surface area (Å²) in [5, 5.41) is 3.59. The molecule has 0 radical (unpaired) electrons. The maximum atomic E-state index is 12.7. The first-order valence-electron chi connectivity index (χ1n) is 5.31. The lowest BCUT2D eigenvalue weighted by molar-refractivity contribution is -0.137. The van der Waals surface area contributed by atoms with Crippen LogP contribution in [0, 0.1) is 0 Å². The lowest BCUT2D eigenvalue weighted by Gasteiger charge is -2.09. The summed E-state index contributed by atoms with van der Waals surface area (Å²) in [4.78, 5) is 0. The number of hydrogen-bond donors (Lipinski definition) is 1. The van der Waals surface area contributed by atoms with Gasteiger partial charge in [-0.3, -0.25) is 0 Å². The van der Waals surface area contributed by atoms with E-state index in [0.29, 0.717) is 4.09 Å². The van der Waals surface area contributed by atoms with Gasteiger partial charge in [-0.05, 0) is 23.8 Å². The zero-order chi connectivity index (χ0) is 15.1. The van der Waals surface area contributed by atoms with Crippen molar-refractivity contribution in [2.24, 2.45) is 0 Å². The molecule has 0 aliphatic heterocycles. The Morgan fingerprint density at radius 2 is 1.85 bits per heavy atom. The Labute approximate surface area is 112 Å². The Balaban J connectivity index is 2.53. The van der Waals surface area contributed by atoms with Crippen molar-refractivity contribution in [2.75, 3.05) is 12.0 Å². The second-order valence-corrected chi connectivity index (χ2v) is 6.05. The Morgan fingerprint density at radius 3 is 2.35 bits per heavy atom.